The summed E-state index contributed by atoms with van der Waals surface area (Å²) >= 11 is 0. The highest BCUT2D eigenvalue weighted by molar-refractivity contribution is 5.84. The van der Waals surface area contributed by atoms with Crippen LogP contribution in [-0.2, 0) is 4.74 Å². The maximum atomic E-state index is 11.7. The van der Waals surface area contributed by atoms with Crippen molar-refractivity contribution in [1.29, 1.82) is 0 Å². The van der Waals surface area contributed by atoms with E-state index in [1.165, 1.54) is 12.0 Å². The summed E-state index contributed by atoms with van der Waals surface area (Å²) in [5.74, 6) is 0.708. The molecule has 0 aliphatic rings. The van der Waals surface area contributed by atoms with Crippen LogP contribution in [0.25, 0.3) is 0 Å². The average Bonchev–Trinajstić information content (AvgIpc) is 2.36. The summed E-state index contributed by atoms with van der Waals surface area (Å²) in [4.78, 5) is 11.7. The fourth-order valence-electron chi connectivity index (χ4n) is 1.98. The molecule has 4 heteroatoms. The molecule has 0 spiro atoms. The maximum absolute atomic E-state index is 11.7. The van der Waals surface area contributed by atoms with Crippen molar-refractivity contribution in [2.24, 2.45) is 5.92 Å². The third kappa shape index (κ3) is 7.46. The molecule has 0 aromatic heterocycles. The van der Waals surface area contributed by atoms with Gasteiger partial charge in [-0.25, -0.2) is 4.79 Å². The predicted octanol–water partition coefficient (Wildman–Crippen LogP) is 4.73. The lowest BCUT2D eigenvalue weighted by Gasteiger charge is -2.20. The van der Waals surface area contributed by atoms with Gasteiger partial charge >= 0.3 is 6.09 Å². The minimum atomic E-state index is -0.487. The Morgan fingerprint density at radius 2 is 1.73 bits per heavy atom. The molecule has 22 heavy (non-hydrogen) atoms. The largest absolute Gasteiger partial charge is 0.444 e. The van der Waals surface area contributed by atoms with E-state index in [2.05, 4.69) is 31.4 Å². The van der Waals surface area contributed by atoms with Crippen molar-refractivity contribution in [3.63, 3.8) is 0 Å². The molecule has 0 heterocycles. The Morgan fingerprint density at radius 3 is 2.23 bits per heavy atom. The van der Waals surface area contributed by atoms with E-state index in [4.69, 9.17) is 4.74 Å². The molecule has 0 aliphatic heterocycles. The van der Waals surface area contributed by atoms with Crippen molar-refractivity contribution in [3.05, 3.63) is 29.8 Å². The lowest BCUT2D eigenvalue weighted by molar-refractivity contribution is 0.0636. The third-order valence-electron chi connectivity index (χ3n) is 3.23. The molecule has 4 nitrogen and oxygen atoms in total. The molecule has 1 aromatic carbocycles. The number of carbonyl (C=O) groups excluding carboxylic acids is 1. The number of hydrogen-bond acceptors (Lipinski definition) is 3. The lowest BCUT2D eigenvalue weighted by atomic mass is 10.1. The zero-order chi connectivity index (χ0) is 16.8. The van der Waals surface area contributed by atoms with Crippen LogP contribution in [0.15, 0.2) is 24.3 Å². The molecule has 1 aromatic rings. The molecule has 0 bridgehead atoms. The molecule has 1 rings (SSSR count). The molecule has 0 saturated heterocycles. The number of anilines is 1. The smallest absolute Gasteiger partial charge is 0.412 e. The zero-order valence-electron chi connectivity index (χ0n) is 14.7. The van der Waals surface area contributed by atoms with Gasteiger partial charge in [0.2, 0.25) is 0 Å². The van der Waals surface area contributed by atoms with E-state index < -0.39 is 11.7 Å². The van der Waals surface area contributed by atoms with Crippen LogP contribution in [-0.4, -0.2) is 18.2 Å². The van der Waals surface area contributed by atoms with Gasteiger partial charge in [0.05, 0.1) is 0 Å². The Kier molecular flexibility index (Phi) is 6.88. The highest BCUT2D eigenvalue weighted by atomic mass is 16.6. The first-order chi connectivity index (χ1) is 10.2. The molecule has 0 aliphatic carbocycles. The van der Waals surface area contributed by atoms with E-state index in [0.29, 0.717) is 12.0 Å². The highest BCUT2D eigenvalue weighted by Crippen LogP contribution is 2.17. The SMILES string of the molecule is CC(C)CCNC(C)c1ccc(NC(=O)OC(C)(C)C)cc1. The fourth-order valence-corrected chi connectivity index (χ4v) is 1.98. The second-order valence-electron chi connectivity index (χ2n) is 7.11. The molecule has 0 saturated carbocycles. The number of carbonyl (C=O) groups is 1. The van der Waals surface area contributed by atoms with Gasteiger partial charge in [-0.15, -0.1) is 0 Å². The van der Waals surface area contributed by atoms with Crippen molar-refractivity contribution in [1.82, 2.24) is 5.32 Å². The van der Waals surface area contributed by atoms with Gasteiger partial charge in [-0.05, 0) is 64.3 Å². The summed E-state index contributed by atoms with van der Waals surface area (Å²) in [6.07, 6.45) is 0.742. The van der Waals surface area contributed by atoms with E-state index in [1.54, 1.807) is 0 Å². The number of hydrogen-bond donors (Lipinski definition) is 2. The number of rotatable bonds is 6. The summed E-state index contributed by atoms with van der Waals surface area (Å²) in [5, 5.41) is 6.25. The van der Waals surface area contributed by atoms with E-state index in [9.17, 15) is 4.79 Å². The highest BCUT2D eigenvalue weighted by Gasteiger charge is 2.16. The number of benzene rings is 1. The van der Waals surface area contributed by atoms with Crippen molar-refractivity contribution in [2.75, 3.05) is 11.9 Å². The standard InChI is InChI=1S/C18H30N2O2/c1-13(2)11-12-19-14(3)15-7-9-16(10-8-15)20-17(21)22-18(4,5)6/h7-10,13-14,19H,11-12H2,1-6H3,(H,20,21). The number of nitrogens with one attached hydrogen (secondary N) is 2. The molecule has 1 atom stereocenters. The third-order valence-corrected chi connectivity index (χ3v) is 3.23. The maximum Gasteiger partial charge on any atom is 0.412 e. The van der Waals surface area contributed by atoms with Crippen molar-refractivity contribution < 1.29 is 9.53 Å². The normalized spacial score (nSPS) is 13.0. The van der Waals surface area contributed by atoms with Crippen molar-refractivity contribution >= 4 is 11.8 Å². The van der Waals surface area contributed by atoms with Gasteiger partial charge in [-0.3, -0.25) is 5.32 Å². The van der Waals surface area contributed by atoms with Gasteiger partial charge in [0.1, 0.15) is 5.60 Å². The van der Waals surface area contributed by atoms with Crippen LogP contribution >= 0.6 is 0 Å². The first-order valence-electron chi connectivity index (χ1n) is 8.00. The Hall–Kier alpha value is -1.55. The first kappa shape index (κ1) is 18.5. The Morgan fingerprint density at radius 1 is 1.14 bits per heavy atom. The molecule has 1 amide bonds. The van der Waals surface area contributed by atoms with Gasteiger partial charge in [0.15, 0.2) is 0 Å². The summed E-state index contributed by atoms with van der Waals surface area (Å²) in [7, 11) is 0. The fraction of sp³-hybridized carbons (Fsp3) is 0.611. The lowest BCUT2D eigenvalue weighted by Crippen LogP contribution is -2.27. The van der Waals surface area contributed by atoms with Crippen LogP contribution in [0.1, 0.15) is 59.6 Å². The van der Waals surface area contributed by atoms with E-state index in [-0.39, 0.29) is 0 Å². The van der Waals surface area contributed by atoms with Crippen LogP contribution < -0.4 is 10.6 Å². The van der Waals surface area contributed by atoms with Crippen LogP contribution in [0.4, 0.5) is 10.5 Å². The van der Waals surface area contributed by atoms with E-state index >= 15 is 0 Å². The van der Waals surface area contributed by atoms with Gasteiger partial charge < -0.3 is 10.1 Å². The number of ether oxygens (including phenoxy) is 1. The van der Waals surface area contributed by atoms with Crippen LogP contribution in [0.5, 0.6) is 0 Å². The summed E-state index contributed by atoms with van der Waals surface area (Å²) in [5.41, 5.74) is 1.46. The Balaban J connectivity index is 2.50. The van der Waals surface area contributed by atoms with Gasteiger partial charge in [-0.1, -0.05) is 26.0 Å². The molecular weight excluding hydrogens is 276 g/mol. The minimum Gasteiger partial charge on any atom is -0.444 e. The Bertz CT molecular complexity index is 461. The monoisotopic (exact) mass is 306 g/mol. The summed E-state index contributed by atoms with van der Waals surface area (Å²) in [6.45, 7) is 13.2. The quantitative estimate of drug-likeness (QED) is 0.798. The number of amides is 1. The minimum absolute atomic E-state index is 0.300. The molecule has 0 radical (unpaired) electrons. The summed E-state index contributed by atoms with van der Waals surface area (Å²) in [6, 6.07) is 8.16. The summed E-state index contributed by atoms with van der Waals surface area (Å²) < 4.78 is 5.23. The first-order valence-corrected chi connectivity index (χ1v) is 8.00. The second-order valence-corrected chi connectivity index (χ2v) is 7.11. The van der Waals surface area contributed by atoms with Gasteiger partial charge in [0, 0.05) is 11.7 Å². The van der Waals surface area contributed by atoms with E-state index in [1.807, 2.05) is 45.0 Å². The van der Waals surface area contributed by atoms with Crippen LogP contribution in [0, 0.1) is 5.92 Å². The molecule has 1 unspecified atom stereocenters. The van der Waals surface area contributed by atoms with Crippen molar-refractivity contribution in [3.8, 4) is 0 Å². The molecule has 2 N–H and O–H groups in total. The Labute approximate surface area is 134 Å². The average molecular weight is 306 g/mol. The zero-order valence-corrected chi connectivity index (χ0v) is 14.7. The predicted molar refractivity (Wildman–Crippen MR) is 92.2 cm³/mol. The molecular formula is C18H30N2O2. The molecule has 0 fully saturated rings. The topological polar surface area (TPSA) is 50.4 Å². The second kappa shape index (κ2) is 8.18. The van der Waals surface area contributed by atoms with Crippen LogP contribution in [0.2, 0.25) is 0 Å². The molecule has 124 valence electrons. The van der Waals surface area contributed by atoms with Crippen LogP contribution in [0.3, 0.4) is 0 Å². The van der Waals surface area contributed by atoms with Gasteiger partial charge in [0.25, 0.3) is 0 Å². The van der Waals surface area contributed by atoms with Gasteiger partial charge in [-0.2, -0.15) is 0 Å². The van der Waals surface area contributed by atoms with Crippen molar-refractivity contribution in [2.45, 2.75) is 59.6 Å². The van der Waals surface area contributed by atoms with E-state index in [0.717, 1.165) is 12.2 Å².